The molecule has 0 bridgehead atoms. The molecule has 0 radical (unpaired) electrons. The van der Waals surface area contributed by atoms with Gasteiger partial charge >= 0.3 is 6.16 Å². The maximum Gasteiger partial charge on any atom is 0.513 e. The highest BCUT2D eigenvalue weighted by molar-refractivity contribution is 5.81. The second-order valence-electron chi connectivity index (χ2n) is 7.66. The number of nitrogens with one attached hydrogen (secondary N) is 1. The Hall–Kier alpha value is -3.52. The normalized spacial score (nSPS) is 11.8. The summed E-state index contributed by atoms with van der Waals surface area (Å²) in [6.07, 6.45) is 3.52. The minimum Gasteiger partial charge on any atom is -0.497 e. The molecule has 2 aromatic rings. The van der Waals surface area contributed by atoms with Crippen molar-refractivity contribution in [2.75, 3.05) is 27.4 Å². The zero-order valence-corrected chi connectivity index (χ0v) is 19.5. The number of amides is 1. The predicted octanol–water partition coefficient (Wildman–Crippen LogP) is 3.88. The van der Waals surface area contributed by atoms with Gasteiger partial charge in [0.15, 0.2) is 0 Å². The second-order valence-corrected chi connectivity index (χ2v) is 7.66. The van der Waals surface area contributed by atoms with Gasteiger partial charge in [-0.15, -0.1) is 0 Å². The average molecular weight is 457 g/mol. The molecule has 0 saturated carbocycles. The molecule has 0 aliphatic heterocycles. The lowest BCUT2D eigenvalue weighted by molar-refractivity contribution is -0.123. The van der Waals surface area contributed by atoms with Crippen LogP contribution in [0.2, 0.25) is 0 Å². The summed E-state index contributed by atoms with van der Waals surface area (Å²) in [5.41, 5.74) is 7.61. The smallest absolute Gasteiger partial charge is 0.497 e. The van der Waals surface area contributed by atoms with Crippen molar-refractivity contribution in [3.05, 3.63) is 53.6 Å². The van der Waals surface area contributed by atoms with Crippen molar-refractivity contribution in [1.29, 1.82) is 0 Å². The molecule has 1 unspecified atom stereocenters. The van der Waals surface area contributed by atoms with Gasteiger partial charge in [-0.3, -0.25) is 4.79 Å². The van der Waals surface area contributed by atoms with Gasteiger partial charge in [-0.05, 0) is 47.7 Å². The summed E-state index contributed by atoms with van der Waals surface area (Å²) < 4.78 is 20.7. The van der Waals surface area contributed by atoms with E-state index in [0.29, 0.717) is 30.2 Å². The van der Waals surface area contributed by atoms with E-state index in [1.807, 2.05) is 50.3 Å². The molecule has 0 fully saturated rings. The van der Waals surface area contributed by atoms with E-state index < -0.39 is 12.2 Å². The van der Waals surface area contributed by atoms with E-state index in [1.54, 1.807) is 32.4 Å². The van der Waals surface area contributed by atoms with E-state index in [2.05, 4.69) is 5.32 Å². The van der Waals surface area contributed by atoms with E-state index in [4.69, 9.17) is 24.7 Å². The SMILES string of the molecule is COc1cc(/C=C/c2ccc(OC(=O)OCCCNC(=O)C(N)C(C)C)cc2)cc(OC)c1. The minimum absolute atomic E-state index is 0.0588. The van der Waals surface area contributed by atoms with Crippen molar-refractivity contribution >= 4 is 24.2 Å². The number of rotatable bonds is 11. The van der Waals surface area contributed by atoms with Gasteiger partial charge in [0.25, 0.3) is 0 Å². The van der Waals surface area contributed by atoms with Crippen LogP contribution in [0.1, 0.15) is 31.4 Å². The molecule has 0 saturated heterocycles. The number of hydrogen-bond acceptors (Lipinski definition) is 7. The molecular formula is C25H32N2O6. The van der Waals surface area contributed by atoms with Crippen LogP contribution in [0.5, 0.6) is 17.2 Å². The molecule has 1 atom stereocenters. The standard InChI is InChI=1S/C25H32N2O6/c1-17(2)23(26)24(28)27-12-5-13-32-25(29)33-20-10-8-18(9-11-20)6-7-19-14-21(30-3)16-22(15-19)31-4/h6-11,14-17,23H,5,12-13,26H2,1-4H3,(H,27,28)/b7-6+. The highest BCUT2D eigenvalue weighted by atomic mass is 16.7. The lowest BCUT2D eigenvalue weighted by atomic mass is 10.1. The number of hydrogen-bond donors (Lipinski definition) is 2. The van der Waals surface area contributed by atoms with E-state index in [0.717, 1.165) is 11.1 Å². The monoisotopic (exact) mass is 456 g/mol. The van der Waals surface area contributed by atoms with Crippen LogP contribution in [-0.2, 0) is 9.53 Å². The molecule has 8 nitrogen and oxygen atoms in total. The lowest BCUT2D eigenvalue weighted by Crippen LogP contribution is -2.44. The number of ether oxygens (including phenoxy) is 4. The van der Waals surface area contributed by atoms with Gasteiger partial charge < -0.3 is 30.0 Å². The lowest BCUT2D eigenvalue weighted by Gasteiger charge is -2.15. The first kappa shape index (κ1) is 25.7. The second kappa shape index (κ2) is 13.1. The third kappa shape index (κ3) is 8.86. The molecule has 0 aliphatic rings. The van der Waals surface area contributed by atoms with Crippen LogP contribution in [-0.4, -0.2) is 45.5 Å². The summed E-state index contributed by atoms with van der Waals surface area (Å²) in [7, 11) is 3.21. The summed E-state index contributed by atoms with van der Waals surface area (Å²) in [6.45, 7) is 4.25. The number of benzene rings is 2. The molecule has 2 rings (SSSR count). The van der Waals surface area contributed by atoms with Crippen LogP contribution < -0.4 is 25.3 Å². The quantitative estimate of drug-likeness (QED) is 0.229. The third-order valence-corrected chi connectivity index (χ3v) is 4.78. The Kier molecular flexibility index (Phi) is 10.2. The molecular weight excluding hydrogens is 424 g/mol. The van der Waals surface area contributed by atoms with E-state index in [9.17, 15) is 9.59 Å². The largest absolute Gasteiger partial charge is 0.513 e. The van der Waals surface area contributed by atoms with Crippen LogP contribution >= 0.6 is 0 Å². The van der Waals surface area contributed by atoms with Crippen molar-refractivity contribution < 1.29 is 28.5 Å². The van der Waals surface area contributed by atoms with E-state index in [-0.39, 0.29) is 18.4 Å². The maximum absolute atomic E-state index is 11.8. The van der Waals surface area contributed by atoms with Crippen LogP contribution in [0.3, 0.4) is 0 Å². The van der Waals surface area contributed by atoms with E-state index >= 15 is 0 Å². The molecule has 0 spiro atoms. The maximum atomic E-state index is 11.8. The zero-order chi connectivity index (χ0) is 24.2. The van der Waals surface area contributed by atoms with Crippen molar-refractivity contribution in [3.63, 3.8) is 0 Å². The topological polar surface area (TPSA) is 109 Å². The fourth-order valence-corrected chi connectivity index (χ4v) is 2.75. The Morgan fingerprint density at radius 3 is 2.12 bits per heavy atom. The minimum atomic E-state index is -0.799. The summed E-state index contributed by atoms with van der Waals surface area (Å²) in [5.74, 6) is 1.63. The Labute approximate surface area is 194 Å². The molecule has 3 N–H and O–H groups in total. The van der Waals surface area contributed by atoms with Gasteiger partial charge in [0.05, 0.1) is 26.9 Å². The predicted molar refractivity (Wildman–Crippen MR) is 127 cm³/mol. The van der Waals surface area contributed by atoms with E-state index in [1.165, 1.54) is 0 Å². The van der Waals surface area contributed by atoms with Gasteiger partial charge in [-0.1, -0.05) is 38.1 Å². The van der Waals surface area contributed by atoms with Gasteiger partial charge in [0, 0.05) is 12.6 Å². The third-order valence-electron chi connectivity index (χ3n) is 4.78. The Morgan fingerprint density at radius 2 is 1.55 bits per heavy atom. The average Bonchev–Trinajstić information content (AvgIpc) is 2.82. The molecule has 2 aromatic carbocycles. The molecule has 0 aromatic heterocycles. The first-order valence-corrected chi connectivity index (χ1v) is 10.7. The Morgan fingerprint density at radius 1 is 0.939 bits per heavy atom. The van der Waals surface area contributed by atoms with Crippen molar-refractivity contribution in [2.45, 2.75) is 26.3 Å². The Bertz CT molecular complexity index is 918. The summed E-state index contributed by atoms with van der Waals surface area (Å²) in [4.78, 5) is 23.6. The number of methoxy groups -OCH3 is 2. The van der Waals surface area contributed by atoms with Crippen LogP contribution in [0.15, 0.2) is 42.5 Å². The number of carbonyl (C=O) groups is 2. The molecule has 0 aliphatic carbocycles. The molecule has 178 valence electrons. The fourth-order valence-electron chi connectivity index (χ4n) is 2.75. The summed E-state index contributed by atoms with van der Waals surface area (Å²) >= 11 is 0. The molecule has 33 heavy (non-hydrogen) atoms. The van der Waals surface area contributed by atoms with Crippen molar-refractivity contribution in [3.8, 4) is 17.2 Å². The first-order valence-electron chi connectivity index (χ1n) is 10.7. The van der Waals surface area contributed by atoms with Gasteiger partial charge in [-0.2, -0.15) is 0 Å². The van der Waals surface area contributed by atoms with Gasteiger partial charge in [0.2, 0.25) is 5.91 Å². The number of nitrogens with two attached hydrogens (primary N) is 1. The van der Waals surface area contributed by atoms with Crippen LogP contribution in [0, 0.1) is 5.92 Å². The van der Waals surface area contributed by atoms with Gasteiger partial charge in [-0.25, -0.2) is 4.79 Å². The first-order chi connectivity index (χ1) is 15.8. The summed E-state index contributed by atoms with van der Waals surface area (Å²) in [6, 6.07) is 12.1. The number of carbonyl (C=O) groups excluding carboxylic acids is 2. The van der Waals surface area contributed by atoms with Crippen molar-refractivity contribution in [2.24, 2.45) is 11.7 Å². The molecule has 8 heteroatoms. The summed E-state index contributed by atoms with van der Waals surface area (Å²) in [5, 5.41) is 2.71. The molecule has 1 amide bonds. The van der Waals surface area contributed by atoms with Crippen LogP contribution in [0.4, 0.5) is 4.79 Å². The molecule has 0 heterocycles. The van der Waals surface area contributed by atoms with Gasteiger partial charge in [0.1, 0.15) is 17.2 Å². The Balaban J connectivity index is 1.77. The zero-order valence-electron chi connectivity index (χ0n) is 19.5. The fraction of sp³-hybridized carbons (Fsp3) is 0.360. The highest BCUT2D eigenvalue weighted by Gasteiger charge is 2.16. The van der Waals surface area contributed by atoms with Crippen LogP contribution in [0.25, 0.3) is 12.2 Å². The van der Waals surface area contributed by atoms with Crippen molar-refractivity contribution in [1.82, 2.24) is 5.32 Å². The highest BCUT2D eigenvalue weighted by Crippen LogP contribution is 2.24.